The lowest BCUT2D eigenvalue weighted by molar-refractivity contribution is 0.0911. The summed E-state index contributed by atoms with van der Waals surface area (Å²) < 4.78 is 2.03. The number of nitrogen functional groups attached to an aromatic ring is 1. The average Bonchev–Trinajstić information content (AvgIpc) is 3.69. The molecule has 2 heterocycles. The van der Waals surface area contributed by atoms with Gasteiger partial charge in [-0.1, -0.05) is 49.3 Å². The van der Waals surface area contributed by atoms with Crippen LogP contribution in [0, 0.1) is 5.92 Å². The number of rotatable bonds is 10. The molecule has 0 aliphatic heterocycles. The molecule has 1 atom stereocenters. The van der Waals surface area contributed by atoms with Crippen molar-refractivity contribution in [3.8, 4) is 22.4 Å². The second-order valence-corrected chi connectivity index (χ2v) is 10.2. The summed E-state index contributed by atoms with van der Waals surface area (Å²) in [5.41, 5.74) is 13.5. The second-order valence-electron chi connectivity index (χ2n) is 10.2. The van der Waals surface area contributed by atoms with Crippen molar-refractivity contribution in [2.24, 2.45) is 13.0 Å². The van der Waals surface area contributed by atoms with Crippen LogP contribution in [0.15, 0.2) is 67.0 Å². The highest BCUT2D eigenvalue weighted by molar-refractivity contribution is 6.08. The molecule has 38 heavy (non-hydrogen) atoms. The second kappa shape index (κ2) is 10.7. The van der Waals surface area contributed by atoms with Crippen LogP contribution in [-0.2, 0) is 7.05 Å². The van der Waals surface area contributed by atoms with Gasteiger partial charge in [0.1, 0.15) is 17.8 Å². The van der Waals surface area contributed by atoms with Gasteiger partial charge in [-0.05, 0) is 54.7 Å². The largest absolute Gasteiger partial charge is 0.394 e. The monoisotopic (exact) mass is 510 g/mol. The van der Waals surface area contributed by atoms with Crippen molar-refractivity contribution in [1.29, 1.82) is 0 Å². The summed E-state index contributed by atoms with van der Waals surface area (Å²) in [5.74, 6) is 0.831. The predicted octanol–water partition coefficient (Wildman–Crippen LogP) is 4.76. The maximum Gasteiger partial charge on any atom is 0.251 e. The molecule has 8 nitrogen and oxygen atoms in total. The van der Waals surface area contributed by atoms with Crippen LogP contribution in [0.3, 0.4) is 0 Å². The van der Waals surface area contributed by atoms with E-state index in [1.807, 2.05) is 54.9 Å². The van der Waals surface area contributed by atoms with Gasteiger partial charge in [0, 0.05) is 30.4 Å². The molecule has 5 N–H and O–H groups in total. The number of carbonyl (C=O) groups is 1. The van der Waals surface area contributed by atoms with Crippen molar-refractivity contribution >= 4 is 28.4 Å². The van der Waals surface area contributed by atoms with Gasteiger partial charge >= 0.3 is 0 Å². The highest BCUT2D eigenvalue weighted by Gasteiger charge is 2.26. The van der Waals surface area contributed by atoms with Gasteiger partial charge < -0.3 is 26.0 Å². The summed E-state index contributed by atoms with van der Waals surface area (Å²) in [6.45, 7) is 6.59. The van der Waals surface area contributed by atoms with Crippen LogP contribution < -0.4 is 16.4 Å². The zero-order valence-electron chi connectivity index (χ0n) is 21.9. The molecule has 196 valence electrons. The maximum atomic E-state index is 12.9. The molecule has 2 aromatic carbocycles. The number of aryl methyl sites for hydroxylation is 1. The fourth-order valence-corrected chi connectivity index (χ4v) is 4.89. The van der Waals surface area contributed by atoms with Gasteiger partial charge in [-0.15, -0.1) is 0 Å². The number of benzene rings is 2. The lowest BCUT2D eigenvalue weighted by Gasteiger charge is -2.16. The molecule has 0 spiro atoms. The highest BCUT2D eigenvalue weighted by Crippen LogP contribution is 2.41. The van der Waals surface area contributed by atoms with Gasteiger partial charge in [0.25, 0.3) is 5.91 Å². The van der Waals surface area contributed by atoms with E-state index in [9.17, 15) is 9.90 Å². The summed E-state index contributed by atoms with van der Waals surface area (Å²) in [6.07, 6.45) is 4.65. The first-order valence-electron chi connectivity index (χ1n) is 13.0. The third-order valence-corrected chi connectivity index (χ3v) is 7.06. The van der Waals surface area contributed by atoms with E-state index in [0.717, 1.165) is 51.1 Å². The van der Waals surface area contributed by atoms with Crippen molar-refractivity contribution in [2.75, 3.05) is 24.2 Å². The molecule has 0 radical (unpaired) electrons. The normalized spacial score (nSPS) is 13.9. The predicted molar refractivity (Wildman–Crippen MR) is 153 cm³/mol. The van der Waals surface area contributed by atoms with Gasteiger partial charge in [0.15, 0.2) is 0 Å². The minimum atomic E-state index is -0.218. The minimum Gasteiger partial charge on any atom is -0.394 e. The molecule has 5 rings (SSSR count). The first-order chi connectivity index (χ1) is 18.4. The minimum absolute atomic E-state index is 0.0551. The number of nitrogens with one attached hydrogen (secondary N) is 2. The van der Waals surface area contributed by atoms with E-state index in [1.165, 1.54) is 19.2 Å². The standard InChI is InChI=1S/C30H34N6O2/c1-18(2)15-32-23-12-10-21(11-13-23)27-25(26-28(31)33-17-34-29(26)36(27)3)20-6-8-22(9-7-20)30(38)35-24(16-37)14-19-4-5-19/h6-13,17,19,24,32,37H,1,4-5,14-16H2,2-3H3,(H,35,38)(H2,31,33,34). The fourth-order valence-electron chi connectivity index (χ4n) is 4.89. The molecule has 0 bridgehead atoms. The Kier molecular flexibility index (Phi) is 7.15. The third-order valence-electron chi connectivity index (χ3n) is 7.06. The summed E-state index contributed by atoms with van der Waals surface area (Å²) in [6, 6.07) is 15.5. The number of hydrogen-bond donors (Lipinski definition) is 4. The van der Waals surface area contributed by atoms with Gasteiger partial charge in [-0.2, -0.15) is 0 Å². The number of aliphatic hydroxyl groups excluding tert-OH is 1. The summed E-state index contributed by atoms with van der Waals surface area (Å²) in [5, 5.41) is 16.8. The SMILES string of the molecule is C=C(C)CNc1ccc(-c2c(-c3ccc(C(=O)NC(CO)CC4CC4)cc3)c3c(N)ncnc3n2C)cc1. The Hall–Kier alpha value is -4.17. The Morgan fingerprint density at radius 2 is 1.82 bits per heavy atom. The molecule has 0 saturated heterocycles. The molecule has 2 aromatic heterocycles. The Bertz CT molecular complexity index is 1470. The summed E-state index contributed by atoms with van der Waals surface area (Å²) in [7, 11) is 1.97. The molecule has 4 aromatic rings. The Morgan fingerprint density at radius 1 is 1.13 bits per heavy atom. The number of fused-ring (bicyclic) bond motifs is 1. The number of aromatic nitrogens is 3. The Labute approximate surface area is 222 Å². The van der Waals surface area contributed by atoms with E-state index in [1.54, 1.807) is 0 Å². The molecule has 1 aliphatic rings. The van der Waals surface area contributed by atoms with Gasteiger partial charge in [-0.3, -0.25) is 4.79 Å². The molecule has 1 unspecified atom stereocenters. The molecular formula is C30H34N6O2. The van der Waals surface area contributed by atoms with Gasteiger partial charge in [0.2, 0.25) is 0 Å². The van der Waals surface area contributed by atoms with Gasteiger partial charge in [0.05, 0.1) is 23.7 Å². The van der Waals surface area contributed by atoms with Crippen LogP contribution in [0.4, 0.5) is 11.5 Å². The first kappa shape index (κ1) is 25.5. The van der Waals surface area contributed by atoms with E-state index >= 15 is 0 Å². The number of nitrogens with two attached hydrogens (primary N) is 1. The fraction of sp³-hybridized carbons (Fsp3) is 0.300. The number of nitrogens with zero attached hydrogens (tertiary/aromatic N) is 3. The van der Waals surface area contributed by atoms with Crippen molar-refractivity contribution in [3.63, 3.8) is 0 Å². The topological polar surface area (TPSA) is 118 Å². The zero-order chi connectivity index (χ0) is 26.8. The highest BCUT2D eigenvalue weighted by atomic mass is 16.3. The van der Waals surface area contributed by atoms with Crippen molar-refractivity contribution < 1.29 is 9.90 Å². The average molecular weight is 511 g/mol. The molecule has 1 fully saturated rings. The number of hydrogen-bond acceptors (Lipinski definition) is 6. The van der Waals surface area contributed by atoms with Crippen LogP contribution in [0.1, 0.15) is 36.5 Å². The number of anilines is 2. The third kappa shape index (κ3) is 5.26. The number of aliphatic hydroxyl groups is 1. The van der Waals surface area contributed by atoms with Crippen LogP contribution in [0.25, 0.3) is 33.4 Å². The number of carbonyl (C=O) groups excluding carboxylic acids is 1. The van der Waals surface area contributed by atoms with Crippen LogP contribution >= 0.6 is 0 Å². The van der Waals surface area contributed by atoms with E-state index in [0.29, 0.717) is 23.8 Å². The maximum absolute atomic E-state index is 12.9. The van der Waals surface area contributed by atoms with Crippen molar-refractivity contribution in [2.45, 2.75) is 32.2 Å². The first-order valence-corrected chi connectivity index (χ1v) is 13.0. The van der Waals surface area contributed by atoms with E-state index < -0.39 is 0 Å². The lowest BCUT2D eigenvalue weighted by atomic mass is 9.97. The molecular weight excluding hydrogens is 476 g/mol. The van der Waals surface area contributed by atoms with Gasteiger partial charge in [-0.25, -0.2) is 9.97 Å². The van der Waals surface area contributed by atoms with Crippen LogP contribution in [0.2, 0.25) is 0 Å². The smallest absolute Gasteiger partial charge is 0.251 e. The van der Waals surface area contributed by atoms with Crippen LogP contribution in [0.5, 0.6) is 0 Å². The zero-order valence-corrected chi connectivity index (χ0v) is 21.9. The quantitative estimate of drug-likeness (QED) is 0.228. The summed E-state index contributed by atoms with van der Waals surface area (Å²) >= 11 is 0. The molecule has 1 aliphatic carbocycles. The van der Waals surface area contributed by atoms with Crippen LogP contribution in [-0.4, -0.2) is 44.7 Å². The number of amides is 1. The molecule has 1 amide bonds. The summed E-state index contributed by atoms with van der Waals surface area (Å²) in [4.78, 5) is 21.7. The Morgan fingerprint density at radius 3 is 2.45 bits per heavy atom. The van der Waals surface area contributed by atoms with Crippen molar-refractivity contribution in [1.82, 2.24) is 19.9 Å². The van der Waals surface area contributed by atoms with Crippen molar-refractivity contribution in [3.05, 3.63) is 72.6 Å². The Balaban J connectivity index is 1.50. The molecule has 1 saturated carbocycles. The molecule has 8 heteroatoms. The van der Waals surface area contributed by atoms with E-state index in [4.69, 9.17) is 5.73 Å². The van der Waals surface area contributed by atoms with E-state index in [2.05, 4.69) is 39.3 Å². The van der Waals surface area contributed by atoms with E-state index in [-0.39, 0.29) is 18.6 Å². The lowest BCUT2D eigenvalue weighted by Crippen LogP contribution is -2.37.